The standard InChI is InChI=1S/C16H25N3O3.C2H2O4/c1-4-18-8-10-19(11-9-18)12-15(20)17-16-13(21-2)6-5-7-14(16)22-3;3-1(4)2(5)6/h5-7H,4,8-12H2,1-3H3,(H,17,20);(H,3,4)(H,5,6). The Morgan fingerprint density at radius 2 is 1.43 bits per heavy atom. The molecule has 1 aromatic carbocycles. The minimum absolute atomic E-state index is 0.0484. The number of rotatable bonds is 6. The van der Waals surface area contributed by atoms with Gasteiger partial charge in [0, 0.05) is 26.2 Å². The Labute approximate surface area is 163 Å². The van der Waals surface area contributed by atoms with Crippen molar-refractivity contribution in [2.24, 2.45) is 0 Å². The first kappa shape index (κ1) is 23.2. The van der Waals surface area contributed by atoms with Gasteiger partial charge in [-0.3, -0.25) is 9.69 Å². The number of piperazine rings is 1. The molecule has 1 aliphatic heterocycles. The van der Waals surface area contributed by atoms with Gasteiger partial charge in [-0.15, -0.1) is 0 Å². The van der Waals surface area contributed by atoms with Crippen LogP contribution in [-0.4, -0.2) is 91.3 Å². The maximum absolute atomic E-state index is 12.3. The van der Waals surface area contributed by atoms with Gasteiger partial charge in [-0.2, -0.15) is 0 Å². The Morgan fingerprint density at radius 3 is 1.82 bits per heavy atom. The van der Waals surface area contributed by atoms with Crippen LogP contribution in [0.3, 0.4) is 0 Å². The Morgan fingerprint density at radius 1 is 0.964 bits per heavy atom. The third kappa shape index (κ3) is 7.41. The molecule has 0 bridgehead atoms. The number of nitrogens with zero attached hydrogens (tertiary/aromatic N) is 2. The second-order valence-corrected chi connectivity index (χ2v) is 5.91. The van der Waals surface area contributed by atoms with Crippen LogP contribution in [-0.2, 0) is 14.4 Å². The van der Waals surface area contributed by atoms with Crippen LogP contribution in [0.25, 0.3) is 0 Å². The van der Waals surface area contributed by atoms with Crippen molar-refractivity contribution in [2.45, 2.75) is 6.92 Å². The zero-order chi connectivity index (χ0) is 21.1. The molecule has 10 nitrogen and oxygen atoms in total. The first-order valence-electron chi connectivity index (χ1n) is 8.74. The number of carboxylic acid groups (broad SMARTS) is 2. The SMILES string of the molecule is CCN1CCN(CC(=O)Nc2c(OC)cccc2OC)CC1.O=C(O)C(=O)O. The van der Waals surface area contributed by atoms with Crippen molar-refractivity contribution in [1.29, 1.82) is 0 Å². The van der Waals surface area contributed by atoms with Crippen molar-refractivity contribution in [3.63, 3.8) is 0 Å². The Balaban J connectivity index is 0.000000568. The highest BCUT2D eigenvalue weighted by atomic mass is 16.5. The molecule has 2 rings (SSSR count). The molecular formula is C18H27N3O7. The minimum Gasteiger partial charge on any atom is -0.494 e. The number of ether oxygens (including phenoxy) is 2. The number of carbonyl (C=O) groups is 3. The number of amides is 1. The molecule has 0 radical (unpaired) electrons. The third-order valence-corrected chi connectivity index (χ3v) is 4.15. The van der Waals surface area contributed by atoms with Crippen LogP contribution < -0.4 is 14.8 Å². The Bertz CT molecular complexity index is 639. The van der Waals surface area contributed by atoms with Gasteiger partial charge in [0.05, 0.1) is 20.8 Å². The molecule has 0 atom stereocenters. The number of likely N-dealkylation sites (N-methyl/N-ethyl adjacent to an activating group) is 1. The van der Waals surface area contributed by atoms with Gasteiger partial charge in [0.15, 0.2) is 0 Å². The number of carboxylic acids is 2. The number of benzene rings is 1. The van der Waals surface area contributed by atoms with E-state index in [9.17, 15) is 4.79 Å². The summed E-state index contributed by atoms with van der Waals surface area (Å²) >= 11 is 0. The summed E-state index contributed by atoms with van der Waals surface area (Å²) in [6.07, 6.45) is 0. The molecule has 156 valence electrons. The summed E-state index contributed by atoms with van der Waals surface area (Å²) in [6, 6.07) is 5.44. The summed E-state index contributed by atoms with van der Waals surface area (Å²) in [5, 5.41) is 17.7. The van der Waals surface area contributed by atoms with Crippen molar-refractivity contribution >= 4 is 23.5 Å². The van der Waals surface area contributed by atoms with Gasteiger partial charge < -0.3 is 29.9 Å². The molecule has 0 unspecified atom stereocenters. The molecule has 3 N–H and O–H groups in total. The van der Waals surface area contributed by atoms with Crippen LogP contribution >= 0.6 is 0 Å². The summed E-state index contributed by atoms with van der Waals surface area (Å²) in [4.78, 5) is 35.0. The second-order valence-electron chi connectivity index (χ2n) is 5.91. The van der Waals surface area contributed by atoms with Crippen LogP contribution in [0.4, 0.5) is 5.69 Å². The average Bonchev–Trinajstić information content (AvgIpc) is 2.69. The summed E-state index contributed by atoms with van der Waals surface area (Å²) < 4.78 is 10.6. The number of methoxy groups -OCH3 is 2. The average molecular weight is 397 g/mol. The van der Waals surface area contributed by atoms with Crippen molar-refractivity contribution in [3.8, 4) is 11.5 Å². The molecule has 10 heteroatoms. The molecule has 0 aromatic heterocycles. The molecule has 1 aliphatic rings. The zero-order valence-corrected chi connectivity index (χ0v) is 16.3. The van der Waals surface area contributed by atoms with E-state index < -0.39 is 11.9 Å². The predicted octanol–water partition coefficient (Wildman–Crippen LogP) is 0.435. The van der Waals surface area contributed by atoms with Crippen LogP contribution in [0, 0.1) is 0 Å². The molecule has 1 fully saturated rings. The lowest BCUT2D eigenvalue weighted by molar-refractivity contribution is -0.159. The van der Waals surface area contributed by atoms with E-state index in [-0.39, 0.29) is 5.91 Å². The number of anilines is 1. The van der Waals surface area contributed by atoms with E-state index in [2.05, 4.69) is 22.0 Å². The lowest BCUT2D eigenvalue weighted by atomic mass is 10.2. The number of aliphatic carboxylic acids is 2. The highest BCUT2D eigenvalue weighted by Crippen LogP contribution is 2.33. The number of hydrogen-bond acceptors (Lipinski definition) is 7. The normalized spacial score (nSPS) is 14.4. The summed E-state index contributed by atoms with van der Waals surface area (Å²) in [7, 11) is 3.16. The van der Waals surface area contributed by atoms with E-state index in [0.29, 0.717) is 23.7 Å². The minimum atomic E-state index is -1.82. The molecule has 0 spiro atoms. The molecule has 28 heavy (non-hydrogen) atoms. The lowest BCUT2D eigenvalue weighted by Gasteiger charge is -2.33. The van der Waals surface area contributed by atoms with Crippen molar-refractivity contribution in [2.75, 3.05) is 58.8 Å². The fourth-order valence-electron chi connectivity index (χ4n) is 2.62. The van der Waals surface area contributed by atoms with Gasteiger partial charge in [-0.05, 0) is 18.7 Å². The number of nitrogens with one attached hydrogen (secondary N) is 1. The van der Waals surface area contributed by atoms with Crippen LogP contribution in [0.5, 0.6) is 11.5 Å². The zero-order valence-electron chi connectivity index (χ0n) is 16.3. The van der Waals surface area contributed by atoms with Crippen LogP contribution in [0.2, 0.25) is 0 Å². The number of hydrogen-bond donors (Lipinski definition) is 3. The smallest absolute Gasteiger partial charge is 0.414 e. The Hall–Kier alpha value is -2.85. The summed E-state index contributed by atoms with van der Waals surface area (Å²) in [6.45, 7) is 7.49. The second kappa shape index (κ2) is 11.8. The van der Waals surface area contributed by atoms with Crippen LogP contribution in [0.15, 0.2) is 18.2 Å². The van der Waals surface area contributed by atoms with E-state index >= 15 is 0 Å². The summed E-state index contributed by atoms with van der Waals surface area (Å²) in [5.74, 6) is -2.50. The van der Waals surface area contributed by atoms with Crippen LogP contribution in [0.1, 0.15) is 6.92 Å². The fourth-order valence-corrected chi connectivity index (χ4v) is 2.62. The topological polar surface area (TPSA) is 129 Å². The highest BCUT2D eigenvalue weighted by Gasteiger charge is 2.19. The maximum atomic E-state index is 12.3. The molecule has 0 saturated carbocycles. The van der Waals surface area contributed by atoms with E-state index in [1.165, 1.54) is 0 Å². The Kier molecular flexibility index (Phi) is 9.75. The lowest BCUT2D eigenvalue weighted by Crippen LogP contribution is -2.48. The first-order valence-corrected chi connectivity index (χ1v) is 8.74. The van der Waals surface area contributed by atoms with Gasteiger partial charge in [-0.25, -0.2) is 9.59 Å². The molecule has 1 aromatic rings. The van der Waals surface area contributed by atoms with Gasteiger partial charge in [0.25, 0.3) is 0 Å². The molecule has 1 amide bonds. The quantitative estimate of drug-likeness (QED) is 0.585. The third-order valence-electron chi connectivity index (χ3n) is 4.15. The maximum Gasteiger partial charge on any atom is 0.414 e. The molecular weight excluding hydrogens is 370 g/mol. The molecule has 1 saturated heterocycles. The van der Waals surface area contributed by atoms with Gasteiger partial charge >= 0.3 is 11.9 Å². The monoisotopic (exact) mass is 397 g/mol. The van der Waals surface area contributed by atoms with Gasteiger partial charge in [-0.1, -0.05) is 13.0 Å². The highest BCUT2D eigenvalue weighted by molar-refractivity contribution is 6.27. The van der Waals surface area contributed by atoms with Crippen molar-refractivity contribution in [1.82, 2.24) is 9.80 Å². The van der Waals surface area contributed by atoms with E-state index in [4.69, 9.17) is 29.3 Å². The number of carbonyl (C=O) groups excluding carboxylic acids is 1. The van der Waals surface area contributed by atoms with Crippen molar-refractivity contribution < 1.29 is 34.1 Å². The molecule has 0 aliphatic carbocycles. The van der Waals surface area contributed by atoms with E-state index in [1.54, 1.807) is 26.4 Å². The summed E-state index contributed by atoms with van der Waals surface area (Å²) in [5.41, 5.74) is 0.588. The van der Waals surface area contributed by atoms with E-state index in [0.717, 1.165) is 32.7 Å². The van der Waals surface area contributed by atoms with E-state index in [1.807, 2.05) is 6.07 Å². The predicted molar refractivity (Wildman–Crippen MR) is 102 cm³/mol. The molecule has 1 heterocycles. The van der Waals surface area contributed by atoms with Gasteiger partial charge in [0.2, 0.25) is 5.91 Å². The van der Waals surface area contributed by atoms with Crippen molar-refractivity contribution in [3.05, 3.63) is 18.2 Å². The number of para-hydroxylation sites is 1. The fraction of sp³-hybridized carbons (Fsp3) is 0.500. The first-order chi connectivity index (χ1) is 13.3. The largest absolute Gasteiger partial charge is 0.494 e. The van der Waals surface area contributed by atoms with Gasteiger partial charge in [0.1, 0.15) is 17.2 Å².